The average molecular weight is 231 g/mol. The summed E-state index contributed by atoms with van der Waals surface area (Å²) >= 11 is 0. The molecule has 3 heteroatoms. The van der Waals surface area contributed by atoms with Crippen LogP contribution in [0.1, 0.15) is 37.7 Å². The normalized spacial score (nSPS) is 15.1. The van der Waals surface area contributed by atoms with Gasteiger partial charge in [-0.05, 0) is 30.5 Å². The maximum atomic E-state index is 6.27. The zero-order valence-corrected chi connectivity index (χ0v) is 11.1. The van der Waals surface area contributed by atoms with Gasteiger partial charge in [-0.1, -0.05) is 26.3 Å². The Bertz CT molecular complexity index is 527. The Morgan fingerprint density at radius 2 is 2.12 bits per heavy atom. The van der Waals surface area contributed by atoms with E-state index in [1.54, 1.807) is 0 Å². The minimum atomic E-state index is 0.0118. The predicted molar refractivity (Wildman–Crippen MR) is 71.8 cm³/mol. The van der Waals surface area contributed by atoms with Gasteiger partial charge in [0.15, 0.2) is 0 Å². The third kappa shape index (κ3) is 2.07. The van der Waals surface area contributed by atoms with Crippen molar-refractivity contribution in [2.75, 3.05) is 0 Å². The van der Waals surface area contributed by atoms with Crippen LogP contribution in [-0.2, 0) is 7.05 Å². The second-order valence-electron chi connectivity index (χ2n) is 4.93. The number of fused-ring (bicyclic) bond motifs is 1. The van der Waals surface area contributed by atoms with Crippen molar-refractivity contribution < 1.29 is 0 Å². The van der Waals surface area contributed by atoms with Crippen molar-refractivity contribution in [3.8, 4) is 0 Å². The lowest BCUT2D eigenvalue weighted by molar-refractivity contribution is 0.432. The van der Waals surface area contributed by atoms with Gasteiger partial charge in [0.2, 0.25) is 0 Å². The number of benzene rings is 1. The highest BCUT2D eigenvalue weighted by atomic mass is 15.1. The van der Waals surface area contributed by atoms with E-state index in [0.29, 0.717) is 5.92 Å². The van der Waals surface area contributed by atoms with E-state index in [4.69, 9.17) is 5.73 Å². The monoisotopic (exact) mass is 231 g/mol. The molecule has 0 spiro atoms. The lowest BCUT2D eigenvalue weighted by Gasteiger charge is -2.17. The number of nitrogens with zero attached hydrogens (tertiary/aromatic N) is 2. The summed E-state index contributed by atoms with van der Waals surface area (Å²) in [5.41, 5.74) is 9.70. The number of aryl methyl sites for hydroxylation is 2. The van der Waals surface area contributed by atoms with E-state index in [1.807, 2.05) is 7.05 Å². The molecule has 2 rings (SSSR count). The highest BCUT2D eigenvalue weighted by Crippen LogP contribution is 2.24. The second-order valence-corrected chi connectivity index (χ2v) is 4.93. The molecule has 0 aliphatic rings. The van der Waals surface area contributed by atoms with Crippen molar-refractivity contribution in [2.24, 2.45) is 18.7 Å². The molecular formula is C14H21N3. The standard InChI is InChI=1S/C14H21N3/c1-5-10(3)13(15)14-16-11-8-9(2)6-7-12(11)17(14)4/h6-8,10,13H,5,15H2,1-4H3. The van der Waals surface area contributed by atoms with Crippen molar-refractivity contribution in [3.63, 3.8) is 0 Å². The fourth-order valence-electron chi connectivity index (χ4n) is 2.14. The van der Waals surface area contributed by atoms with Gasteiger partial charge in [-0.25, -0.2) is 4.98 Å². The first-order valence-corrected chi connectivity index (χ1v) is 6.23. The van der Waals surface area contributed by atoms with Gasteiger partial charge < -0.3 is 10.3 Å². The third-order valence-corrected chi connectivity index (χ3v) is 3.63. The molecule has 0 aliphatic heterocycles. The smallest absolute Gasteiger partial charge is 0.126 e. The van der Waals surface area contributed by atoms with Crippen LogP contribution in [0.25, 0.3) is 11.0 Å². The number of aromatic nitrogens is 2. The predicted octanol–water partition coefficient (Wildman–Crippen LogP) is 2.93. The van der Waals surface area contributed by atoms with E-state index in [2.05, 4.69) is 48.5 Å². The van der Waals surface area contributed by atoms with Gasteiger partial charge in [-0.3, -0.25) is 0 Å². The first kappa shape index (κ1) is 12.1. The Labute approximate surface area is 103 Å². The van der Waals surface area contributed by atoms with E-state index < -0.39 is 0 Å². The Morgan fingerprint density at radius 3 is 2.76 bits per heavy atom. The molecule has 1 aromatic heterocycles. The summed E-state index contributed by atoms with van der Waals surface area (Å²) < 4.78 is 2.12. The summed E-state index contributed by atoms with van der Waals surface area (Å²) in [5.74, 6) is 1.44. The third-order valence-electron chi connectivity index (χ3n) is 3.63. The van der Waals surface area contributed by atoms with Crippen LogP contribution in [0.3, 0.4) is 0 Å². The largest absolute Gasteiger partial charge is 0.330 e. The molecular weight excluding hydrogens is 210 g/mol. The molecule has 0 saturated carbocycles. The Hall–Kier alpha value is -1.35. The SMILES string of the molecule is CCC(C)C(N)c1nc2cc(C)ccc2n1C. The number of hydrogen-bond donors (Lipinski definition) is 1. The zero-order valence-electron chi connectivity index (χ0n) is 11.1. The molecule has 0 amide bonds. The van der Waals surface area contributed by atoms with E-state index in [9.17, 15) is 0 Å². The zero-order chi connectivity index (χ0) is 12.6. The first-order valence-electron chi connectivity index (χ1n) is 6.23. The van der Waals surface area contributed by atoms with Crippen molar-refractivity contribution in [1.82, 2.24) is 9.55 Å². The van der Waals surface area contributed by atoms with Crippen LogP contribution in [0.5, 0.6) is 0 Å². The van der Waals surface area contributed by atoms with Crippen LogP contribution in [0.15, 0.2) is 18.2 Å². The van der Waals surface area contributed by atoms with Crippen LogP contribution in [0, 0.1) is 12.8 Å². The van der Waals surface area contributed by atoms with E-state index >= 15 is 0 Å². The molecule has 0 bridgehead atoms. The molecule has 17 heavy (non-hydrogen) atoms. The Balaban J connectivity index is 2.52. The summed E-state index contributed by atoms with van der Waals surface area (Å²) in [6.07, 6.45) is 1.07. The molecule has 0 fully saturated rings. The second kappa shape index (κ2) is 4.49. The topological polar surface area (TPSA) is 43.8 Å². The molecule has 2 unspecified atom stereocenters. The van der Waals surface area contributed by atoms with Crippen LogP contribution in [0.2, 0.25) is 0 Å². The number of nitrogens with two attached hydrogens (primary N) is 1. The van der Waals surface area contributed by atoms with Gasteiger partial charge in [0.1, 0.15) is 5.82 Å². The van der Waals surface area contributed by atoms with Crippen LogP contribution < -0.4 is 5.73 Å². The number of rotatable bonds is 3. The number of hydrogen-bond acceptors (Lipinski definition) is 2. The lowest BCUT2D eigenvalue weighted by atomic mass is 9.99. The number of imidazole rings is 1. The molecule has 2 N–H and O–H groups in total. The summed E-state index contributed by atoms with van der Waals surface area (Å²) in [4.78, 5) is 4.68. The van der Waals surface area contributed by atoms with Gasteiger partial charge in [0.25, 0.3) is 0 Å². The molecule has 1 aromatic carbocycles. The Kier molecular flexibility index (Phi) is 3.20. The maximum absolute atomic E-state index is 6.27. The average Bonchev–Trinajstić information content (AvgIpc) is 2.64. The van der Waals surface area contributed by atoms with Crippen molar-refractivity contribution in [1.29, 1.82) is 0 Å². The van der Waals surface area contributed by atoms with Crippen molar-refractivity contribution >= 4 is 11.0 Å². The molecule has 2 atom stereocenters. The van der Waals surface area contributed by atoms with Crippen LogP contribution >= 0.6 is 0 Å². The molecule has 2 aromatic rings. The summed E-state index contributed by atoms with van der Waals surface area (Å²) in [5, 5.41) is 0. The van der Waals surface area contributed by atoms with Gasteiger partial charge in [0, 0.05) is 7.05 Å². The molecule has 1 heterocycles. The highest BCUT2D eigenvalue weighted by molar-refractivity contribution is 5.76. The minimum absolute atomic E-state index is 0.0118. The van der Waals surface area contributed by atoms with Crippen LogP contribution in [0.4, 0.5) is 0 Å². The molecule has 0 radical (unpaired) electrons. The van der Waals surface area contributed by atoms with E-state index in [1.165, 1.54) is 5.56 Å². The van der Waals surface area contributed by atoms with Gasteiger partial charge in [-0.2, -0.15) is 0 Å². The first-order chi connectivity index (χ1) is 8.04. The highest BCUT2D eigenvalue weighted by Gasteiger charge is 2.19. The Morgan fingerprint density at radius 1 is 1.41 bits per heavy atom. The summed E-state index contributed by atoms with van der Waals surface area (Å²) in [6.45, 7) is 6.43. The van der Waals surface area contributed by atoms with E-state index in [0.717, 1.165) is 23.3 Å². The van der Waals surface area contributed by atoms with Gasteiger partial charge in [0.05, 0.1) is 17.1 Å². The van der Waals surface area contributed by atoms with Gasteiger partial charge >= 0.3 is 0 Å². The van der Waals surface area contributed by atoms with Crippen LogP contribution in [-0.4, -0.2) is 9.55 Å². The fraction of sp³-hybridized carbons (Fsp3) is 0.500. The lowest BCUT2D eigenvalue weighted by Crippen LogP contribution is -2.22. The molecule has 92 valence electrons. The fourth-order valence-corrected chi connectivity index (χ4v) is 2.14. The summed E-state index contributed by atoms with van der Waals surface area (Å²) in [6, 6.07) is 6.35. The minimum Gasteiger partial charge on any atom is -0.330 e. The molecule has 0 aliphatic carbocycles. The quantitative estimate of drug-likeness (QED) is 0.882. The summed E-state index contributed by atoms with van der Waals surface area (Å²) in [7, 11) is 2.04. The van der Waals surface area contributed by atoms with Gasteiger partial charge in [-0.15, -0.1) is 0 Å². The van der Waals surface area contributed by atoms with E-state index in [-0.39, 0.29) is 6.04 Å². The maximum Gasteiger partial charge on any atom is 0.126 e. The molecule has 0 saturated heterocycles. The van der Waals surface area contributed by atoms with Crippen molar-refractivity contribution in [2.45, 2.75) is 33.2 Å². The van der Waals surface area contributed by atoms with Crippen molar-refractivity contribution in [3.05, 3.63) is 29.6 Å². The molecule has 3 nitrogen and oxygen atoms in total.